The number of nitriles is 1. The Labute approximate surface area is 129 Å². The Kier molecular flexibility index (Phi) is 5.68. The van der Waals surface area contributed by atoms with Crippen molar-refractivity contribution in [2.24, 2.45) is 0 Å². The van der Waals surface area contributed by atoms with Crippen LogP contribution in [-0.4, -0.2) is 12.9 Å². The van der Waals surface area contributed by atoms with E-state index in [1.807, 2.05) is 13.0 Å². The molecule has 20 heavy (non-hydrogen) atoms. The number of hydrogen-bond donors (Lipinski definition) is 0. The van der Waals surface area contributed by atoms with Crippen LogP contribution in [0.5, 0.6) is 0 Å². The van der Waals surface area contributed by atoms with Crippen LogP contribution >= 0.6 is 23.2 Å². The summed E-state index contributed by atoms with van der Waals surface area (Å²) in [6.07, 6.45) is 2.88. The van der Waals surface area contributed by atoms with Gasteiger partial charge in [0.15, 0.2) is 6.29 Å². The van der Waals surface area contributed by atoms with Crippen molar-refractivity contribution in [3.05, 3.63) is 33.3 Å². The van der Waals surface area contributed by atoms with Gasteiger partial charge in [-0.2, -0.15) is 5.26 Å². The van der Waals surface area contributed by atoms with E-state index in [0.717, 1.165) is 37.0 Å². The molecule has 1 aliphatic heterocycles. The van der Waals surface area contributed by atoms with Crippen molar-refractivity contribution >= 4 is 23.2 Å². The summed E-state index contributed by atoms with van der Waals surface area (Å²) in [5.74, 6) is 0. The molecule has 0 aromatic heterocycles. The van der Waals surface area contributed by atoms with Gasteiger partial charge < -0.3 is 9.47 Å². The summed E-state index contributed by atoms with van der Waals surface area (Å²) in [5.41, 5.74) is 1.64. The molecule has 5 heteroatoms. The zero-order chi connectivity index (χ0) is 14.5. The van der Waals surface area contributed by atoms with Crippen molar-refractivity contribution in [1.82, 2.24) is 0 Å². The Hall–Kier alpha value is -0.790. The zero-order valence-electron chi connectivity index (χ0n) is 11.4. The molecule has 0 spiro atoms. The molecule has 0 bridgehead atoms. The number of nitrogens with zero attached hydrogens (tertiary/aromatic N) is 1. The van der Waals surface area contributed by atoms with E-state index in [9.17, 15) is 0 Å². The van der Waals surface area contributed by atoms with Gasteiger partial charge in [0.25, 0.3) is 0 Å². The first-order valence-corrected chi connectivity index (χ1v) is 7.50. The largest absolute Gasteiger partial charge is 0.353 e. The van der Waals surface area contributed by atoms with Crippen molar-refractivity contribution in [3.63, 3.8) is 0 Å². The van der Waals surface area contributed by atoms with Crippen LogP contribution < -0.4 is 0 Å². The first-order valence-electron chi connectivity index (χ1n) is 6.74. The lowest BCUT2D eigenvalue weighted by Gasteiger charge is -2.27. The van der Waals surface area contributed by atoms with E-state index in [2.05, 4.69) is 6.07 Å². The molecule has 1 fully saturated rings. The smallest absolute Gasteiger partial charge is 0.158 e. The molecule has 0 N–H and O–H groups in total. The molecular weight excluding hydrogens is 297 g/mol. The van der Waals surface area contributed by atoms with E-state index in [-0.39, 0.29) is 18.8 Å². The third-order valence-electron chi connectivity index (χ3n) is 3.39. The highest BCUT2D eigenvalue weighted by Crippen LogP contribution is 2.36. The van der Waals surface area contributed by atoms with Gasteiger partial charge in [-0.25, -0.2) is 0 Å². The predicted molar refractivity (Wildman–Crippen MR) is 78.9 cm³/mol. The van der Waals surface area contributed by atoms with Crippen LogP contribution in [0.3, 0.4) is 0 Å². The van der Waals surface area contributed by atoms with Gasteiger partial charge in [-0.15, -0.1) is 0 Å². The van der Waals surface area contributed by atoms with E-state index in [1.165, 1.54) is 0 Å². The van der Waals surface area contributed by atoms with Gasteiger partial charge in [0.05, 0.1) is 28.6 Å². The van der Waals surface area contributed by atoms with E-state index < -0.39 is 0 Å². The van der Waals surface area contributed by atoms with E-state index in [4.69, 9.17) is 37.9 Å². The molecular formula is C15H17Cl2NO2. The molecule has 0 saturated carbocycles. The summed E-state index contributed by atoms with van der Waals surface area (Å²) < 4.78 is 11.5. The quantitative estimate of drug-likeness (QED) is 0.811. The van der Waals surface area contributed by atoms with Crippen LogP contribution in [-0.2, 0) is 15.9 Å². The van der Waals surface area contributed by atoms with E-state index >= 15 is 0 Å². The van der Waals surface area contributed by atoms with Crippen LogP contribution in [0, 0.1) is 11.3 Å². The molecule has 1 aromatic carbocycles. The predicted octanol–water partition coefficient (Wildman–Crippen LogP) is 4.66. The summed E-state index contributed by atoms with van der Waals surface area (Å²) in [6.45, 7) is 2.64. The molecule has 0 radical (unpaired) electrons. The average molecular weight is 314 g/mol. The lowest BCUT2D eigenvalue weighted by atomic mass is 10.0. The third-order valence-corrected chi connectivity index (χ3v) is 4.21. The normalized spacial score (nSPS) is 20.4. The van der Waals surface area contributed by atoms with Crippen LogP contribution in [0.2, 0.25) is 10.0 Å². The first kappa shape index (κ1) is 15.6. The van der Waals surface area contributed by atoms with Crippen LogP contribution in [0.4, 0.5) is 0 Å². The minimum absolute atomic E-state index is 0.205. The fourth-order valence-electron chi connectivity index (χ4n) is 2.40. The molecule has 0 aliphatic carbocycles. The minimum Gasteiger partial charge on any atom is -0.353 e. The van der Waals surface area contributed by atoms with Gasteiger partial charge >= 0.3 is 0 Å². The van der Waals surface area contributed by atoms with Crippen LogP contribution in [0.15, 0.2) is 12.1 Å². The number of rotatable bonds is 4. The fourth-order valence-corrected chi connectivity index (χ4v) is 2.90. The van der Waals surface area contributed by atoms with Gasteiger partial charge in [-0.3, -0.25) is 0 Å². The maximum Gasteiger partial charge on any atom is 0.158 e. The third kappa shape index (κ3) is 3.65. The van der Waals surface area contributed by atoms with Crippen LogP contribution in [0.1, 0.15) is 43.4 Å². The summed E-state index contributed by atoms with van der Waals surface area (Å²) in [7, 11) is 0. The Morgan fingerprint density at radius 2 is 2.25 bits per heavy atom. The minimum atomic E-state index is -0.257. The van der Waals surface area contributed by atoms with Crippen molar-refractivity contribution in [1.29, 1.82) is 5.26 Å². The maximum absolute atomic E-state index is 8.92. The van der Waals surface area contributed by atoms with E-state index in [0.29, 0.717) is 10.0 Å². The topological polar surface area (TPSA) is 42.2 Å². The Bertz CT molecular complexity index is 507. The number of hydrogen-bond acceptors (Lipinski definition) is 3. The number of benzene rings is 1. The molecule has 1 saturated heterocycles. The van der Waals surface area contributed by atoms with Gasteiger partial charge in [-0.05, 0) is 37.8 Å². The summed E-state index contributed by atoms with van der Waals surface area (Å²) in [5, 5.41) is 9.85. The van der Waals surface area contributed by atoms with Gasteiger partial charge in [-0.1, -0.05) is 29.3 Å². The maximum atomic E-state index is 8.92. The highest BCUT2D eigenvalue weighted by Gasteiger charge is 2.22. The second-order valence-electron chi connectivity index (χ2n) is 4.84. The lowest BCUT2D eigenvalue weighted by Crippen LogP contribution is -2.24. The molecule has 1 aromatic rings. The highest BCUT2D eigenvalue weighted by molar-refractivity contribution is 6.42. The average Bonchev–Trinajstić information content (AvgIpc) is 2.44. The molecule has 2 rings (SSSR count). The molecule has 1 aliphatic rings. The molecule has 1 heterocycles. The van der Waals surface area contributed by atoms with Crippen molar-refractivity contribution in [2.45, 2.75) is 45.0 Å². The molecule has 108 valence electrons. The highest BCUT2D eigenvalue weighted by atomic mass is 35.5. The second-order valence-corrected chi connectivity index (χ2v) is 5.63. The van der Waals surface area contributed by atoms with Gasteiger partial charge in [0, 0.05) is 12.2 Å². The Morgan fingerprint density at radius 3 is 2.90 bits per heavy atom. The van der Waals surface area contributed by atoms with Crippen molar-refractivity contribution < 1.29 is 9.47 Å². The number of halogens is 2. The standard InChI is InChI=1S/C15H17Cl2NO2/c1-10(20-13-4-2-3-9-19-13)14-11(7-8-18)5-6-12(16)15(14)17/h5-6,10,13H,2-4,7,9H2,1H3. The summed E-state index contributed by atoms with van der Waals surface area (Å²) in [4.78, 5) is 0. The summed E-state index contributed by atoms with van der Waals surface area (Å²) >= 11 is 12.4. The van der Waals surface area contributed by atoms with Gasteiger partial charge in [0.2, 0.25) is 0 Å². The lowest BCUT2D eigenvalue weighted by molar-refractivity contribution is -0.186. The monoisotopic (exact) mass is 313 g/mol. The Morgan fingerprint density at radius 1 is 1.45 bits per heavy atom. The molecule has 2 atom stereocenters. The van der Waals surface area contributed by atoms with Crippen molar-refractivity contribution in [2.75, 3.05) is 6.61 Å². The van der Waals surface area contributed by atoms with E-state index in [1.54, 1.807) is 6.07 Å². The van der Waals surface area contributed by atoms with Gasteiger partial charge in [0.1, 0.15) is 0 Å². The van der Waals surface area contributed by atoms with Crippen molar-refractivity contribution in [3.8, 4) is 6.07 Å². The number of ether oxygens (including phenoxy) is 2. The molecule has 0 amide bonds. The first-order chi connectivity index (χ1) is 9.63. The molecule has 3 nitrogen and oxygen atoms in total. The molecule has 2 unspecified atom stereocenters. The Balaban J connectivity index is 2.20. The van der Waals surface area contributed by atoms with Crippen LogP contribution in [0.25, 0.3) is 0 Å². The SMILES string of the molecule is CC(OC1CCCCO1)c1c(CC#N)ccc(Cl)c1Cl. The zero-order valence-corrected chi connectivity index (χ0v) is 12.9. The summed E-state index contributed by atoms with van der Waals surface area (Å²) in [6, 6.07) is 5.68. The second kappa shape index (κ2) is 7.28. The fraction of sp³-hybridized carbons (Fsp3) is 0.533.